The smallest absolute Gasteiger partial charge is 0.261 e. The summed E-state index contributed by atoms with van der Waals surface area (Å²) in [5.41, 5.74) is 4.27. The van der Waals surface area contributed by atoms with E-state index in [-0.39, 0.29) is 10.8 Å². The maximum absolute atomic E-state index is 12.7. The van der Waals surface area contributed by atoms with E-state index in [2.05, 4.69) is 10.0 Å². The molecular weight excluding hydrogens is 372 g/mol. The highest BCUT2D eigenvalue weighted by molar-refractivity contribution is 7.92. The third-order valence-corrected chi connectivity index (χ3v) is 5.81. The molecule has 1 amide bonds. The number of carbonyl (C=O) groups is 1. The summed E-state index contributed by atoms with van der Waals surface area (Å²) >= 11 is 0. The molecule has 0 aliphatic carbocycles. The Labute approximate surface area is 165 Å². The lowest BCUT2D eigenvalue weighted by Crippen LogP contribution is -2.16. The molecule has 0 fully saturated rings. The molecule has 3 aromatic rings. The van der Waals surface area contributed by atoms with Gasteiger partial charge in [-0.05, 0) is 62.2 Å². The second-order valence-electron chi connectivity index (χ2n) is 6.72. The Kier molecular flexibility index (Phi) is 5.51. The summed E-state index contributed by atoms with van der Waals surface area (Å²) in [5.74, 6) is -0.299. The summed E-state index contributed by atoms with van der Waals surface area (Å²) in [6, 6.07) is 18.8. The van der Waals surface area contributed by atoms with Gasteiger partial charge >= 0.3 is 0 Å². The van der Waals surface area contributed by atoms with Crippen molar-refractivity contribution in [3.8, 4) is 0 Å². The maximum Gasteiger partial charge on any atom is 0.261 e. The summed E-state index contributed by atoms with van der Waals surface area (Å²) in [6.07, 6.45) is 0. The number of anilines is 2. The molecule has 6 heteroatoms. The van der Waals surface area contributed by atoms with Gasteiger partial charge in [-0.1, -0.05) is 42.0 Å². The fraction of sp³-hybridized carbons (Fsp3) is 0.136. The van der Waals surface area contributed by atoms with Gasteiger partial charge in [0.25, 0.3) is 15.9 Å². The minimum absolute atomic E-state index is 0.166. The van der Waals surface area contributed by atoms with Gasteiger partial charge in [-0.2, -0.15) is 0 Å². The van der Waals surface area contributed by atoms with E-state index in [9.17, 15) is 13.2 Å². The number of hydrogen-bond acceptors (Lipinski definition) is 3. The van der Waals surface area contributed by atoms with Crippen LogP contribution < -0.4 is 10.0 Å². The minimum atomic E-state index is -3.73. The highest BCUT2D eigenvalue weighted by Crippen LogP contribution is 2.23. The molecule has 0 radical (unpaired) electrons. The van der Waals surface area contributed by atoms with Crippen molar-refractivity contribution in [1.82, 2.24) is 0 Å². The molecule has 0 spiro atoms. The third kappa shape index (κ3) is 4.40. The normalized spacial score (nSPS) is 11.1. The van der Waals surface area contributed by atoms with Gasteiger partial charge in [0.2, 0.25) is 0 Å². The second kappa shape index (κ2) is 7.86. The van der Waals surface area contributed by atoms with Crippen LogP contribution in [0.2, 0.25) is 0 Å². The zero-order valence-corrected chi connectivity index (χ0v) is 16.8. The summed E-state index contributed by atoms with van der Waals surface area (Å²) < 4.78 is 27.8. The Morgan fingerprint density at radius 1 is 0.786 bits per heavy atom. The molecular formula is C22H22N2O3S. The lowest BCUT2D eigenvalue weighted by molar-refractivity contribution is 0.102. The SMILES string of the molecule is Cc1ccc(NC(=O)c2ccc(C)c(NS(=O)(=O)c3ccccc3)c2)c(C)c1. The minimum Gasteiger partial charge on any atom is -0.322 e. The monoisotopic (exact) mass is 394 g/mol. The van der Waals surface area contributed by atoms with Crippen molar-refractivity contribution in [3.05, 3.63) is 89.0 Å². The van der Waals surface area contributed by atoms with E-state index in [1.807, 2.05) is 32.0 Å². The molecule has 3 rings (SSSR count). The van der Waals surface area contributed by atoms with Crippen molar-refractivity contribution >= 4 is 27.3 Å². The summed E-state index contributed by atoms with van der Waals surface area (Å²) in [5, 5.41) is 2.88. The zero-order valence-electron chi connectivity index (χ0n) is 16.0. The van der Waals surface area contributed by atoms with Crippen molar-refractivity contribution < 1.29 is 13.2 Å². The van der Waals surface area contributed by atoms with Crippen LogP contribution in [-0.2, 0) is 10.0 Å². The molecule has 0 atom stereocenters. The molecule has 0 saturated heterocycles. The average Bonchev–Trinajstić information content (AvgIpc) is 2.66. The number of nitrogens with one attached hydrogen (secondary N) is 2. The number of benzene rings is 3. The van der Waals surface area contributed by atoms with Gasteiger partial charge in [0.1, 0.15) is 0 Å². The van der Waals surface area contributed by atoms with Crippen LogP contribution in [0.25, 0.3) is 0 Å². The van der Waals surface area contributed by atoms with Crippen molar-refractivity contribution in [1.29, 1.82) is 0 Å². The Hall–Kier alpha value is -3.12. The van der Waals surface area contributed by atoms with Crippen LogP contribution in [0.1, 0.15) is 27.0 Å². The first-order valence-corrected chi connectivity index (χ1v) is 10.3. The number of amides is 1. The van der Waals surface area contributed by atoms with Gasteiger partial charge in [-0.15, -0.1) is 0 Å². The maximum atomic E-state index is 12.7. The van der Waals surface area contributed by atoms with Crippen LogP contribution >= 0.6 is 0 Å². The van der Waals surface area contributed by atoms with Crippen molar-refractivity contribution in [3.63, 3.8) is 0 Å². The molecule has 3 aromatic carbocycles. The number of rotatable bonds is 5. The molecule has 0 saturated carbocycles. The standard InChI is InChI=1S/C22H22N2O3S/c1-15-9-12-20(17(3)13-15)23-22(25)18-11-10-16(2)21(14-18)24-28(26,27)19-7-5-4-6-8-19/h4-14,24H,1-3H3,(H,23,25). The van der Waals surface area contributed by atoms with Crippen LogP contribution in [0.3, 0.4) is 0 Å². The van der Waals surface area contributed by atoms with E-state index >= 15 is 0 Å². The third-order valence-electron chi connectivity index (χ3n) is 4.43. The first-order chi connectivity index (χ1) is 13.3. The van der Waals surface area contributed by atoms with E-state index in [0.717, 1.165) is 22.4 Å². The number of hydrogen-bond donors (Lipinski definition) is 2. The van der Waals surface area contributed by atoms with Crippen LogP contribution in [-0.4, -0.2) is 14.3 Å². The number of aryl methyl sites for hydroxylation is 3. The molecule has 0 aliphatic rings. The molecule has 0 heterocycles. The van der Waals surface area contributed by atoms with Gasteiger partial charge in [-0.25, -0.2) is 8.42 Å². The van der Waals surface area contributed by atoms with E-state index in [0.29, 0.717) is 11.3 Å². The first-order valence-electron chi connectivity index (χ1n) is 8.83. The van der Waals surface area contributed by atoms with Crippen molar-refractivity contribution in [2.75, 3.05) is 10.0 Å². The van der Waals surface area contributed by atoms with Crippen LogP contribution in [0.4, 0.5) is 11.4 Å². The molecule has 5 nitrogen and oxygen atoms in total. The fourth-order valence-corrected chi connectivity index (χ4v) is 3.97. The lowest BCUT2D eigenvalue weighted by Gasteiger charge is -2.13. The van der Waals surface area contributed by atoms with Gasteiger partial charge < -0.3 is 5.32 Å². The van der Waals surface area contributed by atoms with Gasteiger partial charge in [0.15, 0.2) is 0 Å². The second-order valence-corrected chi connectivity index (χ2v) is 8.40. The van der Waals surface area contributed by atoms with E-state index in [1.54, 1.807) is 43.3 Å². The summed E-state index contributed by atoms with van der Waals surface area (Å²) in [7, 11) is -3.73. The Balaban J connectivity index is 1.86. The Morgan fingerprint density at radius 2 is 1.50 bits per heavy atom. The lowest BCUT2D eigenvalue weighted by atomic mass is 10.1. The fourth-order valence-electron chi connectivity index (χ4n) is 2.82. The van der Waals surface area contributed by atoms with E-state index in [1.165, 1.54) is 12.1 Å². The summed E-state index contributed by atoms with van der Waals surface area (Å²) in [6.45, 7) is 5.70. The zero-order chi connectivity index (χ0) is 20.3. The molecule has 2 N–H and O–H groups in total. The molecule has 0 aliphatic heterocycles. The molecule has 0 aromatic heterocycles. The summed E-state index contributed by atoms with van der Waals surface area (Å²) in [4.78, 5) is 12.8. The first kappa shape index (κ1) is 19.6. The molecule has 144 valence electrons. The van der Waals surface area contributed by atoms with Crippen LogP contribution in [0.15, 0.2) is 71.6 Å². The predicted octanol–water partition coefficient (Wildman–Crippen LogP) is 4.66. The predicted molar refractivity (Wildman–Crippen MR) is 112 cm³/mol. The molecule has 0 bridgehead atoms. The average molecular weight is 394 g/mol. The van der Waals surface area contributed by atoms with Gasteiger partial charge in [-0.3, -0.25) is 9.52 Å². The highest BCUT2D eigenvalue weighted by Gasteiger charge is 2.16. The largest absolute Gasteiger partial charge is 0.322 e. The number of carbonyl (C=O) groups excluding carboxylic acids is 1. The van der Waals surface area contributed by atoms with Gasteiger partial charge in [0, 0.05) is 11.3 Å². The Morgan fingerprint density at radius 3 is 2.18 bits per heavy atom. The highest BCUT2D eigenvalue weighted by atomic mass is 32.2. The topological polar surface area (TPSA) is 75.3 Å². The molecule has 28 heavy (non-hydrogen) atoms. The van der Waals surface area contributed by atoms with Crippen LogP contribution in [0, 0.1) is 20.8 Å². The Bertz CT molecular complexity index is 1120. The molecule has 0 unspecified atom stereocenters. The quantitative estimate of drug-likeness (QED) is 0.661. The number of sulfonamides is 1. The van der Waals surface area contributed by atoms with E-state index in [4.69, 9.17) is 0 Å². The van der Waals surface area contributed by atoms with Crippen molar-refractivity contribution in [2.24, 2.45) is 0 Å². The van der Waals surface area contributed by atoms with Crippen LogP contribution in [0.5, 0.6) is 0 Å². The van der Waals surface area contributed by atoms with Crippen molar-refractivity contribution in [2.45, 2.75) is 25.7 Å². The van der Waals surface area contributed by atoms with Gasteiger partial charge in [0.05, 0.1) is 10.6 Å². The van der Waals surface area contributed by atoms with E-state index < -0.39 is 10.0 Å².